The van der Waals surface area contributed by atoms with Gasteiger partial charge in [0.1, 0.15) is 49.4 Å². The molecule has 0 saturated carbocycles. The average molecular weight is 645 g/mol. The molecule has 252 valence electrons. The molecule has 1 heterocycles. The fraction of sp³-hybridized carbons (Fsp3) is 0.500. The van der Waals surface area contributed by atoms with Crippen molar-refractivity contribution in [3.8, 4) is 23.0 Å². The molecule has 0 aliphatic carbocycles. The van der Waals surface area contributed by atoms with E-state index in [1.165, 1.54) is 7.11 Å². The molecule has 0 spiro atoms. The predicted octanol–water partition coefficient (Wildman–Crippen LogP) is 3.96. The number of carbonyl (C=O) groups excluding carboxylic acids is 1. The van der Waals surface area contributed by atoms with Crippen LogP contribution in [0.15, 0.2) is 54.6 Å². The van der Waals surface area contributed by atoms with E-state index in [2.05, 4.69) is 0 Å². The highest BCUT2D eigenvalue weighted by molar-refractivity contribution is 5.93. The van der Waals surface area contributed by atoms with E-state index in [-0.39, 0.29) is 13.2 Å². The van der Waals surface area contributed by atoms with Crippen LogP contribution < -0.4 is 18.9 Å². The van der Waals surface area contributed by atoms with E-state index in [1.54, 1.807) is 18.2 Å². The normalized spacial score (nSPS) is 17.8. The Hall–Kier alpha value is -3.65. The Bertz CT molecular complexity index is 1220. The Morgan fingerprint density at radius 2 is 0.870 bits per heavy atom. The first-order chi connectivity index (χ1) is 22.7. The number of hydrogen-bond acceptors (Lipinski definition) is 12. The van der Waals surface area contributed by atoms with Gasteiger partial charge in [-0.1, -0.05) is 24.3 Å². The fourth-order valence-corrected chi connectivity index (χ4v) is 4.43. The van der Waals surface area contributed by atoms with Crippen molar-refractivity contribution in [2.24, 2.45) is 0 Å². The Morgan fingerprint density at radius 3 is 1.26 bits per heavy atom. The molecule has 0 unspecified atom stereocenters. The molecule has 46 heavy (non-hydrogen) atoms. The van der Waals surface area contributed by atoms with Crippen LogP contribution in [-0.2, 0) is 33.2 Å². The van der Waals surface area contributed by atoms with Gasteiger partial charge in [0.15, 0.2) is 0 Å². The van der Waals surface area contributed by atoms with Gasteiger partial charge in [-0.2, -0.15) is 0 Å². The lowest BCUT2D eigenvalue weighted by atomic mass is 10.1. The number of carbonyl (C=O) groups is 1. The molecule has 0 fully saturated rings. The highest BCUT2D eigenvalue weighted by atomic mass is 16.6. The molecule has 0 N–H and O–H groups in total. The topological polar surface area (TPSA) is 119 Å². The van der Waals surface area contributed by atoms with E-state index in [0.29, 0.717) is 110 Å². The van der Waals surface area contributed by atoms with Crippen LogP contribution in [-0.4, -0.2) is 119 Å². The monoisotopic (exact) mass is 644 g/mol. The zero-order valence-corrected chi connectivity index (χ0v) is 26.4. The quantitative estimate of drug-likeness (QED) is 0.357. The first-order valence-corrected chi connectivity index (χ1v) is 15.5. The van der Waals surface area contributed by atoms with Gasteiger partial charge in [0, 0.05) is 6.07 Å². The molecule has 12 heteroatoms. The molecule has 0 atom stereocenters. The van der Waals surface area contributed by atoms with Gasteiger partial charge in [0.25, 0.3) is 0 Å². The van der Waals surface area contributed by atoms with Crippen LogP contribution >= 0.6 is 0 Å². The van der Waals surface area contributed by atoms with E-state index in [1.807, 2.05) is 36.4 Å². The third-order valence-electron chi connectivity index (χ3n) is 6.58. The molecule has 4 rings (SSSR count). The lowest BCUT2D eigenvalue weighted by Crippen LogP contribution is -2.15. The minimum absolute atomic E-state index is 0.283. The summed E-state index contributed by atoms with van der Waals surface area (Å²) >= 11 is 0. The summed E-state index contributed by atoms with van der Waals surface area (Å²) < 4.78 is 62.2. The number of fused-ring (bicyclic) bond motifs is 2. The Labute approximate surface area is 269 Å². The predicted molar refractivity (Wildman–Crippen MR) is 169 cm³/mol. The summed E-state index contributed by atoms with van der Waals surface area (Å²) in [4.78, 5) is 12.1. The zero-order valence-electron chi connectivity index (χ0n) is 26.4. The van der Waals surface area contributed by atoms with E-state index < -0.39 is 5.97 Å². The van der Waals surface area contributed by atoms with E-state index in [4.69, 9.17) is 52.1 Å². The number of rotatable bonds is 1. The molecular weight excluding hydrogens is 600 g/mol. The van der Waals surface area contributed by atoms with Crippen LogP contribution in [0.25, 0.3) is 10.8 Å². The number of benzene rings is 3. The summed E-state index contributed by atoms with van der Waals surface area (Å²) in [5.41, 5.74) is 0.320. The molecule has 2 bridgehead atoms. The first kappa shape index (κ1) is 35.2. The third-order valence-corrected chi connectivity index (χ3v) is 6.58. The molecular formula is C34H44O12. The fourth-order valence-electron chi connectivity index (χ4n) is 4.43. The van der Waals surface area contributed by atoms with Crippen molar-refractivity contribution in [3.63, 3.8) is 0 Å². The van der Waals surface area contributed by atoms with Crippen molar-refractivity contribution in [2.75, 3.05) is 113 Å². The maximum Gasteiger partial charge on any atom is 0.338 e. The molecule has 0 amide bonds. The number of esters is 1. The maximum absolute atomic E-state index is 12.1. The van der Waals surface area contributed by atoms with E-state index in [0.717, 1.165) is 22.3 Å². The van der Waals surface area contributed by atoms with Crippen molar-refractivity contribution >= 4 is 16.7 Å². The summed E-state index contributed by atoms with van der Waals surface area (Å²) in [6.07, 6.45) is 0. The summed E-state index contributed by atoms with van der Waals surface area (Å²) in [7, 11) is 1.32. The Balaban J connectivity index is 1.25. The van der Waals surface area contributed by atoms with Crippen LogP contribution in [0.2, 0.25) is 0 Å². The first-order valence-electron chi connectivity index (χ1n) is 15.5. The number of ether oxygens (including phenoxy) is 11. The highest BCUT2D eigenvalue weighted by Gasteiger charge is 2.12. The molecule has 0 aromatic heterocycles. The van der Waals surface area contributed by atoms with Gasteiger partial charge >= 0.3 is 5.97 Å². The lowest BCUT2D eigenvalue weighted by Gasteiger charge is -2.14. The lowest BCUT2D eigenvalue weighted by molar-refractivity contribution is 0.00448. The average Bonchev–Trinajstić information content (AvgIpc) is 3.08. The van der Waals surface area contributed by atoms with Gasteiger partial charge in [-0.3, -0.25) is 0 Å². The Kier molecular flexibility index (Phi) is 16.2. The largest absolute Gasteiger partial charge is 0.491 e. The smallest absolute Gasteiger partial charge is 0.338 e. The summed E-state index contributed by atoms with van der Waals surface area (Å²) in [5, 5.41) is 1.94. The van der Waals surface area contributed by atoms with Crippen molar-refractivity contribution < 1.29 is 56.9 Å². The minimum atomic E-state index is -0.490. The molecule has 0 radical (unpaired) electrons. The van der Waals surface area contributed by atoms with Gasteiger partial charge < -0.3 is 52.1 Å². The highest BCUT2D eigenvalue weighted by Crippen LogP contribution is 2.34. The summed E-state index contributed by atoms with van der Waals surface area (Å²) in [6, 6.07) is 16.7. The van der Waals surface area contributed by atoms with Crippen molar-refractivity contribution in [1.82, 2.24) is 0 Å². The van der Waals surface area contributed by atoms with Crippen LogP contribution in [0.3, 0.4) is 0 Å². The second-order valence-electron chi connectivity index (χ2n) is 9.86. The molecule has 1 aliphatic rings. The number of methoxy groups -OCH3 is 1. The van der Waals surface area contributed by atoms with Gasteiger partial charge in [-0.15, -0.1) is 0 Å². The van der Waals surface area contributed by atoms with Gasteiger partial charge in [-0.25, -0.2) is 4.79 Å². The van der Waals surface area contributed by atoms with Gasteiger partial charge in [-0.05, 0) is 29.7 Å². The SMILES string of the molecule is COC(=O)c1cc2cc(c1)OCCOCCOCCOCCOc1cccc3cccc(c13)OCCOCCOCCOCCO2. The van der Waals surface area contributed by atoms with Crippen molar-refractivity contribution in [3.05, 3.63) is 60.2 Å². The van der Waals surface area contributed by atoms with Crippen LogP contribution in [0.4, 0.5) is 0 Å². The summed E-state index contributed by atoms with van der Waals surface area (Å²) in [5.74, 6) is 1.92. The van der Waals surface area contributed by atoms with E-state index in [9.17, 15) is 4.79 Å². The third kappa shape index (κ3) is 12.6. The standard InChI is InChI=1S/C34H44O12/c1-36-34(35)28-24-29-26-30(25-28)44-21-17-40-13-9-38-11-15-42-19-23-46-32-7-3-5-27-4-2-6-31(33(27)32)45-22-18-41-14-10-37-8-12-39-16-20-43-29/h2-7,24-26H,8-23H2,1H3. The second-order valence-corrected chi connectivity index (χ2v) is 9.86. The Morgan fingerprint density at radius 1 is 0.500 bits per heavy atom. The van der Waals surface area contributed by atoms with Gasteiger partial charge in [0.2, 0.25) is 0 Å². The zero-order chi connectivity index (χ0) is 32.1. The molecule has 3 aromatic carbocycles. The molecule has 3 aromatic rings. The number of hydrogen-bond donors (Lipinski definition) is 0. The van der Waals surface area contributed by atoms with Crippen LogP contribution in [0.5, 0.6) is 23.0 Å². The van der Waals surface area contributed by atoms with Crippen molar-refractivity contribution in [1.29, 1.82) is 0 Å². The minimum Gasteiger partial charge on any atom is -0.491 e. The molecule has 1 aliphatic heterocycles. The van der Waals surface area contributed by atoms with Crippen molar-refractivity contribution in [2.45, 2.75) is 0 Å². The van der Waals surface area contributed by atoms with Crippen LogP contribution in [0, 0.1) is 0 Å². The molecule has 12 nitrogen and oxygen atoms in total. The van der Waals surface area contributed by atoms with Gasteiger partial charge in [0.05, 0.1) is 97.3 Å². The molecule has 0 saturated heterocycles. The van der Waals surface area contributed by atoms with E-state index >= 15 is 0 Å². The van der Waals surface area contributed by atoms with Crippen LogP contribution in [0.1, 0.15) is 10.4 Å². The summed E-state index contributed by atoms with van der Waals surface area (Å²) in [6.45, 7) is 6.30. The maximum atomic E-state index is 12.1. The second kappa shape index (κ2) is 21.2.